The van der Waals surface area contributed by atoms with Gasteiger partial charge in [-0.2, -0.15) is 0 Å². The lowest BCUT2D eigenvalue weighted by molar-refractivity contribution is 0.520. The predicted octanol–water partition coefficient (Wildman–Crippen LogP) is 1.62. The smallest absolute Gasteiger partial charge is 0.242 e. The highest BCUT2D eigenvalue weighted by atomic mass is 127. The van der Waals surface area contributed by atoms with Gasteiger partial charge in [-0.25, -0.2) is 17.7 Å². The Bertz CT molecular complexity index is 583. The zero-order valence-electron chi connectivity index (χ0n) is 13.4. The molecule has 0 amide bonds. The van der Waals surface area contributed by atoms with Gasteiger partial charge in [-0.1, -0.05) is 26.0 Å². The van der Waals surface area contributed by atoms with E-state index in [1.54, 1.807) is 24.3 Å². The quantitative estimate of drug-likeness (QED) is 0.400. The first-order chi connectivity index (χ1) is 9.73. The minimum atomic E-state index is -3.38. The third kappa shape index (κ3) is 6.49. The zero-order valence-corrected chi connectivity index (χ0v) is 16.6. The van der Waals surface area contributed by atoms with E-state index in [1.165, 1.54) is 18.4 Å². The third-order valence-electron chi connectivity index (χ3n) is 2.83. The highest BCUT2D eigenvalue weighted by Crippen LogP contribution is 2.14. The van der Waals surface area contributed by atoms with Crippen LogP contribution in [0.3, 0.4) is 0 Å². The van der Waals surface area contributed by atoms with E-state index in [-0.39, 0.29) is 28.9 Å². The number of nitrogens with two attached hydrogens (primary N) is 1. The second-order valence-corrected chi connectivity index (χ2v) is 7.56. The number of rotatable bonds is 6. The van der Waals surface area contributed by atoms with Crippen molar-refractivity contribution in [2.75, 3.05) is 20.6 Å². The zero-order chi connectivity index (χ0) is 16.0. The van der Waals surface area contributed by atoms with E-state index in [0.29, 0.717) is 18.4 Å². The number of sulfonamides is 1. The fourth-order valence-electron chi connectivity index (χ4n) is 1.52. The maximum absolute atomic E-state index is 11.9. The fourth-order valence-corrected chi connectivity index (χ4v) is 2.42. The summed E-state index contributed by atoms with van der Waals surface area (Å²) < 4.78 is 25.0. The van der Waals surface area contributed by atoms with E-state index in [0.717, 1.165) is 12.1 Å². The van der Waals surface area contributed by atoms with E-state index in [2.05, 4.69) is 24.2 Å². The van der Waals surface area contributed by atoms with Gasteiger partial charge in [-0.05, 0) is 23.6 Å². The number of hydrogen-bond donors (Lipinski definition) is 2. The van der Waals surface area contributed by atoms with Crippen LogP contribution in [0.2, 0.25) is 0 Å². The van der Waals surface area contributed by atoms with Crippen molar-refractivity contribution in [1.82, 2.24) is 9.62 Å². The largest absolute Gasteiger partial charge is 0.370 e. The van der Waals surface area contributed by atoms with E-state index in [1.807, 2.05) is 0 Å². The van der Waals surface area contributed by atoms with Gasteiger partial charge in [0.05, 0.1) is 11.4 Å². The number of benzene rings is 1. The van der Waals surface area contributed by atoms with Gasteiger partial charge in [0, 0.05) is 20.6 Å². The Morgan fingerprint density at radius 3 is 2.27 bits per heavy atom. The number of nitrogens with zero attached hydrogens (tertiary/aromatic N) is 2. The van der Waals surface area contributed by atoms with Crippen molar-refractivity contribution >= 4 is 40.0 Å². The maximum atomic E-state index is 11.9. The summed E-state index contributed by atoms with van der Waals surface area (Å²) in [5.41, 5.74) is 6.65. The summed E-state index contributed by atoms with van der Waals surface area (Å²) in [7, 11) is -0.365. The van der Waals surface area contributed by atoms with Gasteiger partial charge in [0.1, 0.15) is 0 Å². The summed E-state index contributed by atoms with van der Waals surface area (Å²) >= 11 is 0. The summed E-state index contributed by atoms with van der Waals surface area (Å²) in [6.45, 7) is 5.36. The van der Waals surface area contributed by atoms with E-state index in [9.17, 15) is 8.42 Å². The van der Waals surface area contributed by atoms with Gasteiger partial charge in [0.15, 0.2) is 5.96 Å². The van der Waals surface area contributed by atoms with E-state index >= 15 is 0 Å². The second kappa shape index (κ2) is 9.31. The summed E-state index contributed by atoms with van der Waals surface area (Å²) in [5, 5.41) is 3.03. The Balaban J connectivity index is 0.00000441. The van der Waals surface area contributed by atoms with Gasteiger partial charge < -0.3 is 11.1 Å². The molecule has 0 atom stereocenters. The van der Waals surface area contributed by atoms with Crippen molar-refractivity contribution in [2.45, 2.75) is 25.3 Å². The van der Waals surface area contributed by atoms with Crippen LogP contribution in [0.1, 0.15) is 19.4 Å². The highest BCUT2D eigenvalue weighted by Gasteiger charge is 2.16. The Hall–Kier alpha value is -0.870. The first-order valence-corrected chi connectivity index (χ1v) is 8.22. The van der Waals surface area contributed by atoms with Crippen LogP contribution in [-0.2, 0) is 16.6 Å². The van der Waals surface area contributed by atoms with E-state index in [4.69, 9.17) is 5.73 Å². The topological polar surface area (TPSA) is 87.8 Å². The summed E-state index contributed by atoms with van der Waals surface area (Å²) in [4.78, 5) is 4.49. The number of halogens is 1. The van der Waals surface area contributed by atoms with Crippen molar-refractivity contribution in [3.8, 4) is 0 Å². The average molecular weight is 440 g/mol. The number of aliphatic imine (C=N–C) groups is 1. The molecular weight excluding hydrogens is 415 g/mol. The predicted molar refractivity (Wildman–Crippen MR) is 101 cm³/mol. The molecule has 0 spiro atoms. The van der Waals surface area contributed by atoms with Crippen LogP contribution in [0.5, 0.6) is 0 Å². The molecule has 0 aliphatic carbocycles. The molecule has 1 rings (SSSR count). The molecule has 0 fully saturated rings. The molecule has 0 saturated heterocycles. The van der Waals surface area contributed by atoms with Gasteiger partial charge in [-0.3, -0.25) is 0 Å². The van der Waals surface area contributed by atoms with Gasteiger partial charge in [-0.15, -0.1) is 24.0 Å². The molecule has 8 heteroatoms. The fraction of sp³-hybridized carbons (Fsp3) is 0.500. The van der Waals surface area contributed by atoms with Crippen LogP contribution >= 0.6 is 24.0 Å². The SMILES string of the molecule is CC(C)CNC(N)=NCc1ccc(S(=O)(=O)N(C)C)cc1.I. The summed E-state index contributed by atoms with van der Waals surface area (Å²) in [6, 6.07) is 6.65. The molecule has 0 aliphatic rings. The van der Waals surface area contributed by atoms with Crippen molar-refractivity contribution in [3.05, 3.63) is 29.8 Å². The Kier molecular flexibility index (Phi) is 8.94. The third-order valence-corrected chi connectivity index (χ3v) is 4.65. The molecule has 6 nitrogen and oxygen atoms in total. The molecule has 126 valence electrons. The molecule has 22 heavy (non-hydrogen) atoms. The van der Waals surface area contributed by atoms with Crippen LogP contribution in [0.15, 0.2) is 34.2 Å². The molecule has 0 radical (unpaired) electrons. The molecule has 1 aromatic rings. The van der Waals surface area contributed by atoms with Crippen LogP contribution < -0.4 is 11.1 Å². The summed E-state index contributed by atoms with van der Waals surface area (Å²) in [5.74, 6) is 0.892. The second-order valence-electron chi connectivity index (χ2n) is 5.41. The van der Waals surface area contributed by atoms with Crippen molar-refractivity contribution in [2.24, 2.45) is 16.6 Å². The van der Waals surface area contributed by atoms with E-state index < -0.39 is 10.0 Å². The standard InChI is InChI=1S/C14H24N4O2S.HI/c1-11(2)9-16-14(15)17-10-12-5-7-13(8-6-12)21(19,20)18(3)4;/h5-8,11H,9-10H2,1-4H3,(H3,15,16,17);1H. The molecule has 1 aromatic carbocycles. The normalized spacial score (nSPS) is 12.4. The lowest BCUT2D eigenvalue weighted by Gasteiger charge is -2.11. The number of hydrogen-bond acceptors (Lipinski definition) is 3. The minimum absolute atomic E-state index is 0. The summed E-state index contributed by atoms with van der Waals surface area (Å²) in [6.07, 6.45) is 0. The molecule has 3 N–H and O–H groups in total. The Morgan fingerprint density at radius 1 is 1.27 bits per heavy atom. The first-order valence-electron chi connectivity index (χ1n) is 6.78. The Labute approximate surface area is 150 Å². The van der Waals surface area contributed by atoms with Crippen molar-refractivity contribution < 1.29 is 8.42 Å². The highest BCUT2D eigenvalue weighted by molar-refractivity contribution is 14.0. The lowest BCUT2D eigenvalue weighted by Crippen LogP contribution is -2.34. The van der Waals surface area contributed by atoms with Gasteiger partial charge in [0.2, 0.25) is 10.0 Å². The van der Waals surface area contributed by atoms with Gasteiger partial charge >= 0.3 is 0 Å². The maximum Gasteiger partial charge on any atom is 0.242 e. The molecule has 0 bridgehead atoms. The van der Waals surface area contributed by atoms with Crippen LogP contribution in [0.4, 0.5) is 0 Å². The van der Waals surface area contributed by atoms with Crippen LogP contribution in [-0.4, -0.2) is 39.3 Å². The van der Waals surface area contributed by atoms with Gasteiger partial charge in [0.25, 0.3) is 0 Å². The molecule has 0 aromatic heterocycles. The Morgan fingerprint density at radius 2 is 1.82 bits per heavy atom. The molecule has 0 aliphatic heterocycles. The lowest BCUT2D eigenvalue weighted by atomic mass is 10.2. The molecule has 0 heterocycles. The molecule has 0 unspecified atom stereocenters. The van der Waals surface area contributed by atoms with Crippen molar-refractivity contribution in [1.29, 1.82) is 0 Å². The molecular formula is C14H25IN4O2S. The van der Waals surface area contributed by atoms with Crippen molar-refractivity contribution in [3.63, 3.8) is 0 Å². The average Bonchev–Trinajstić information content (AvgIpc) is 2.43. The van der Waals surface area contributed by atoms with Crippen LogP contribution in [0.25, 0.3) is 0 Å². The number of nitrogens with one attached hydrogen (secondary N) is 1. The number of guanidine groups is 1. The molecule has 0 saturated carbocycles. The monoisotopic (exact) mass is 440 g/mol. The minimum Gasteiger partial charge on any atom is -0.370 e. The van der Waals surface area contributed by atoms with Crippen LogP contribution in [0, 0.1) is 5.92 Å². The first kappa shape index (κ1) is 21.1.